The largest absolute Gasteiger partial charge is 0.309 e. The standard InChI is InChI=1S/C12H22ClN3/c1-5-7-16-12(10(13)8-15-16)11(9(3)4)14-6-2/h8-9,11,14H,5-7H2,1-4H3. The van der Waals surface area contributed by atoms with Gasteiger partial charge in [-0.05, 0) is 18.9 Å². The van der Waals surface area contributed by atoms with E-state index < -0.39 is 0 Å². The molecule has 3 nitrogen and oxygen atoms in total. The first-order chi connectivity index (χ1) is 7.61. The van der Waals surface area contributed by atoms with E-state index in [1.807, 2.05) is 4.68 Å². The first-order valence-corrected chi connectivity index (χ1v) is 6.44. The van der Waals surface area contributed by atoms with Crippen LogP contribution >= 0.6 is 11.6 Å². The zero-order valence-electron chi connectivity index (χ0n) is 10.6. The van der Waals surface area contributed by atoms with Crippen LogP contribution in [0.5, 0.6) is 0 Å². The molecule has 1 N–H and O–H groups in total. The van der Waals surface area contributed by atoms with E-state index in [0.717, 1.165) is 30.2 Å². The number of aryl methyl sites for hydroxylation is 1. The Balaban J connectivity index is 3.01. The van der Waals surface area contributed by atoms with Gasteiger partial charge in [0.15, 0.2) is 0 Å². The quantitative estimate of drug-likeness (QED) is 0.831. The van der Waals surface area contributed by atoms with Gasteiger partial charge in [0.05, 0.1) is 23.0 Å². The fourth-order valence-corrected chi connectivity index (χ4v) is 2.20. The Morgan fingerprint density at radius 1 is 1.44 bits per heavy atom. The highest BCUT2D eigenvalue weighted by molar-refractivity contribution is 6.31. The molecule has 0 spiro atoms. The van der Waals surface area contributed by atoms with Crippen LogP contribution in [0.1, 0.15) is 45.9 Å². The molecule has 0 fully saturated rings. The summed E-state index contributed by atoms with van der Waals surface area (Å²) in [5.74, 6) is 0.504. The number of aromatic nitrogens is 2. The molecule has 92 valence electrons. The summed E-state index contributed by atoms with van der Waals surface area (Å²) in [5.41, 5.74) is 1.13. The van der Waals surface area contributed by atoms with Crippen LogP contribution < -0.4 is 5.32 Å². The Morgan fingerprint density at radius 2 is 2.12 bits per heavy atom. The summed E-state index contributed by atoms with van der Waals surface area (Å²) < 4.78 is 2.02. The lowest BCUT2D eigenvalue weighted by Gasteiger charge is -2.23. The summed E-state index contributed by atoms with van der Waals surface area (Å²) in [7, 11) is 0. The van der Waals surface area contributed by atoms with Crippen molar-refractivity contribution in [3.05, 3.63) is 16.9 Å². The van der Waals surface area contributed by atoms with E-state index >= 15 is 0 Å². The zero-order valence-corrected chi connectivity index (χ0v) is 11.4. The number of nitrogens with one attached hydrogen (secondary N) is 1. The second-order valence-corrected chi connectivity index (χ2v) is 4.79. The maximum absolute atomic E-state index is 6.23. The molecule has 0 aliphatic heterocycles. The molecule has 1 aromatic rings. The van der Waals surface area contributed by atoms with Crippen LogP contribution in [0.25, 0.3) is 0 Å². The molecule has 4 heteroatoms. The van der Waals surface area contributed by atoms with Crippen LogP contribution in [0.3, 0.4) is 0 Å². The van der Waals surface area contributed by atoms with E-state index in [0.29, 0.717) is 5.92 Å². The third-order valence-corrected chi connectivity index (χ3v) is 2.95. The summed E-state index contributed by atoms with van der Waals surface area (Å²) in [6, 6.07) is 0.284. The smallest absolute Gasteiger partial charge is 0.0834 e. The Hall–Kier alpha value is -0.540. The van der Waals surface area contributed by atoms with Crippen LogP contribution in [0.4, 0.5) is 0 Å². The number of rotatable bonds is 6. The van der Waals surface area contributed by atoms with Gasteiger partial charge in [-0.3, -0.25) is 4.68 Å². The van der Waals surface area contributed by atoms with Crippen molar-refractivity contribution in [3.8, 4) is 0 Å². The van der Waals surface area contributed by atoms with Gasteiger partial charge in [-0.2, -0.15) is 5.10 Å². The minimum Gasteiger partial charge on any atom is -0.309 e. The highest BCUT2D eigenvalue weighted by Gasteiger charge is 2.22. The van der Waals surface area contributed by atoms with Crippen molar-refractivity contribution in [2.24, 2.45) is 5.92 Å². The molecule has 1 rings (SSSR count). The van der Waals surface area contributed by atoms with Gasteiger partial charge in [0.1, 0.15) is 0 Å². The Labute approximate surface area is 103 Å². The molecule has 16 heavy (non-hydrogen) atoms. The summed E-state index contributed by atoms with van der Waals surface area (Å²) >= 11 is 6.23. The molecular weight excluding hydrogens is 222 g/mol. The average molecular weight is 244 g/mol. The van der Waals surface area contributed by atoms with Crippen LogP contribution in [0.15, 0.2) is 6.20 Å². The van der Waals surface area contributed by atoms with Crippen molar-refractivity contribution >= 4 is 11.6 Å². The van der Waals surface area contributed by atoms with Crippen molar-refractivity contribution in [1.82, 2.24) is 15.1 Å². The first kappa shape index (κ1) is 13.5. The normalized spacial score (nSPS) is 13.4. The Bertz CT molecular complexity index is 320. The lowest BCUT2D eigenvalue weighted by Crippen LogP contribution is -2.28. The predicted molar refractivity (Wildman–Crippen MR) is 68.8 cm³/mol. The second-order valence-electron chi connectivity index (χ2n) is 4.38. The Morgan fingerprint density at radius 3 is 2.62 bits per heavy atom. The summed E-state index contributed by atoms with van der Waals surface area (Å²) in [5, 5.41) is 8.59. The van der Waals surface area contributed by atoms with Crippen molar-refractivity contribution in [2.75, 3.05) is 6.54 Å². The summed E-state index contributed by atoms with van der Waals surface area (Å²) in [4.78, 5) is 0. The molecule has 1 heterocycles. The second kappa shape index (κ2) is 6.26. The molecule has 1 unspecified atom stereocenters. The van der Waals surface area contributed by atoms with Crippen LogP contribution in [-0.2, 0) is 6.54 Å². The monoisotopic (exact) mass is 243 g/mol. The molecule has 0 aromatic carbocycles. The van der Waals surface area contributed by atoms with Crippen LogP contribution in [0.2, 0.25) is 5.02 Å². The topological polar surface area (TPSA) is 29.9 Å². The SMILES string of the molecule is CCCn1ncc(Cl)c1C(NCC)C(C)C. The molecule has 0 bridgehead atoms. The van der Waals surface area contributed by atoms with E-state index in [2.05, 4.69) is 38.1 Å². The average Bonchev–Trinajstić information content (AvgIpc) is 2.57. The summed E-state index contributed by atoms with van der Waals surface area (Å²) in [6.45, 7) is 10.5. The van der Waals surface area contributed by atoms with Gasteiger partial charge in [0.2, 0.25) is 0 Å². The molecule has 0 radical (unpaired) electrons. The lowest BCUT2D eigenvalue weighted by atomic mass is 10.0. The fourth-order valence-electron chi connectivity index (χ4n) is 1.94. The molecule has 0 saturated heterocycles. The van der Waals surface area contributed by atoms with Gasteiger partial charge in [-0.15, -0.1) is 0 Å². The maximum atomic E-state index is 6.23. The molecule has 1 aromatic heterocycles. The molecule has 0 aliphatic rings. The molecule has 1 atom stereocenters. The van der Waals surface area contributed by atoms with E-state index in [1.165, 1.54) is 0 Å². The maximum Gasteiger partial charge on any atom is 0.0834 e. The van der Waals surface area contributed by atoms with Gasteiger partial charge in [-0.25, -0.2) is 0 Å². The van der Waals surface area contributed by atoms with E-state index in [4.69, 9.17) is 11.6 Å². The number of hydrogen-bond donors (Lipinski definition) is 1. The van der Waals surface area contributed by atoms with Crippen LogP contribution in [-0.4, -0.2) is 16.3 Å². The van der Waals surface area contributed by atoms with E-state index in [-0.39, 0.29) is 6.04 Å². The molecule has 0 saturated carbocycles. The Kier molecular flexibility index (Phi) is 5.29. The molecule has 0 aliphatic carbocycles. The fraction of sp³-hybridized carbons (Fsp3) is 0.750. The van der Waals surface area contributed by atoms with Gasteiger partial charge >= 0.3 is 0 Å². The van der Waals surface area contributed by atoms with E-state index in [1.54, 1.807) is 6.20 Å². The highest BCUT2D eigenvalue weighted by Crippen LogP contribution is 2.28. The van der Waals surface area contributed by atoms with Crippen molar-refractivity contribution in [1.29, 1.82) is 0 Å². The minimum atomic E-state index is 0.284. The third kappa shape index (κ3) is 2.98. The molecular formula is C12H22ClN3. The van der Waals surface area contributed by atoms with Gasteiger partial charge in [-0.1, -0.05) is 39.3 Å². The van der Waals surface area contributed by atoms with Gasteiger partial charge < -0.3 is 5.32 Å². The first-order valence-electron chi connectivity index (χ1n) is 6.06. The number of hydrogen-bond acceptors (Lipinski definition) is 2. The van der Waals surface area contributed by atoms with Crippen molar-refractivity contribution < 1.29 is 0 Å². The van der Waals surface area contributed by atoms with Crippen molar-refractivity contribution in [2.45, 2.75) is 46.7 Å². The zero-order chi connectivity index (χ0) is 12.1. The summed E-state index contributed by atoms with van der Waals surface area (Å²) in [6.07, 6.45) is 2.82. The molecule has 0 amide bonds. The van der Waals surface area contributed by atoms with E-state index in [9.17, 15) is 0 Å². The number of halogens is 1. The minimum absolute atomic E-state index is 0.284. The number of nitrogens with zero attached hydrogens (tertiary/aromatic N) is 2. The van der Waals surface area contributed by atoms with Gasteiger partial charge in [0, 0.05) is 6.54 Å². The van der Waals surface area contributed by atoms with Crippen LogP contribution in [0, 0.1) is 5.92 Å². The predicted octanol–water partition coefficient (Wildman–Crippen LogP) is 3.25. The lowest BCUT2D eigenvalue weighted by molar-refractivity contribution is 0.388. The van der Waals surface area contributed by atoms with Gasteiger partial charge in [0.25, 0.3) is 0 Å². The highest BCUT2D eigenvalue weighted by atomic mass is 35.5. The van der Waals surface area contributed by atoms with Crippen molar-refractivity contribution in [3.63, 3.8) is 0 Å². The third-order valence-electron chi connectivity index (χ3n) is 2.65.